The minimum Gasteiger partial charge on any atom is -0.328 e. The van der Waals surface area contributed by atoms with E-state index in [9.17, 15) is 4.79 Å². The van der Waals surface area contributed by atoms with Crippen LogP contribution in [0.1, 0.15) is 63.5 Å². The van der Waals surface area contributed by atoms with E-state index in [4.69, 9.17) is 5.73 Å². The molecule has 108 valence electrons. The van der Waals surface area contributed by atoms with Crippen molar-refractivity contribution in [1.82, 2.24) is 9.78 Å². The summed E-state index contributed by atoms with van der Waals surface area (Å²) < 4.78 is 2.57. The summed E-state index contributed by atoms with van der Waals surface area (Å²) in [5.41, 5.74) is 6.41. The lowest BCUT2D eigenvalue weighted by Gasteiger charge is -2.15. The van der Waals surface area contributed by atoms with Crippen molar-refractivity contribution < 1.29 is 4.79 Å². The SMILES string of the molecule is CC(N)CCCC(C)C(=O)c1c(Br)cnn1C(C)C. The third kappa shape index (κ3) is 4.42. The van der Waals surface area contributed by atoms with E-state index in [-0.39, 0.29) is 23.8 Å². The van der Waals surface area contributed by atoms with Gasteiger partial charge in [0.05, 0.1) is 10.7 Å². The third-order valence-corrected chi connectivity index (χ3v) is 3.80. The standard InChI is InChI=1S/C14H24BrN3O/c1-9(2)18-13(12(15)8-17-18)14(19)10(3)6-5-7-11(4)16/h8-11H,5-7,16H2,1-4H3. The molecule has 2 unspecified atom stereocenters. The number of hydrogen-bond donors (Lipinski definition) is 1. The van der Waals surface area contributed by atoms with Gasteiger partial charge < -0.3 is 5.73 Å². The van der Waals surface area contributed by atoms with Gasteiger partial charge in [-0.05, 0) is 49.5 Å². The van der Waals surface area contributed by atoms with Gasteiger partial charge >= 0.3 is 0 Å². The lowest BCUT2D eigenvalue weighted by atomic mass is 9.96. The van der Waals surface area contributed by atoms with E-state index in [0.29, 0.717) is 5.69 Å². The van der Waals surface area contributed by atoms with Crippen LogP contribution in [-0.2, 0) is 0 Å². The first kappa shape index (κ1) is 16.4. The van der Waals surface area contributed by atoms with E-state index in [1.165, 1.54) is 0 Å². The maximum absolute atomic E-state index is 12.5. The van der Waals surface area contributed by atoms with Gasteiger partial charge in [-0.2, -0.15) is 5.10 Å². The van der Waals surface area contributed by atoms with E-state index in [1.54, 1.807) is 10.9 Å². The molecule has 0 saturated heterocycles. The van der Waals surface area contributed by atoms with Crippen molar-refractivity contribution in [2.45, 2.75) is 59.0 Å². The second-order valence-electron chi connectivity index (χ2n) is 5.55. The Bertz CT molecular complexity index is 426. The van der Waals surface area contributed by atoms with Crippen molar-refractivity contribution >= 4 is 21.7 Å². The fourth-order valence-corrected chi connectivity index (χ4v) is 2.54. The highest BCUT2D eigenvalue weighted by atomic mass is 79.9. The number of hydrogen-bond acceptors (Lipinski definition) is 3. The number of nitrogens with two attached hydrogens (primary N) is 1. The molecule has 0 aromatic carbocycles. The summed E-state index contributed by atoms with van der Waals surface area (Å²) in [4.78, 5) is 12.5. The molecule has 0 bridgehead atoms. The average molecular weight is 330 g/mol. The van der Waals surface area contributed by atoms with Crippen LogP contribution >= 0.6 is 15.9 Å². The van der Waals surface area contributed by atoms with E-state index in [2.05, 4.69) is 21.0 Å². The second-order valence-corrected chi connectivity index (χ2v) is 6.41. The topological polar surface area (TPSA) is 60.9 Å². The zero-order valence-corrected chi connectivity index (χ0v) is 13.8. The van der Waals surface area contributed by atoms with Crippen LogP contribution in [0, 0.1) is 5.92 Å². The molecular formula is C14H24BrN3O. The number of rotatable bonds is 7. The molecular weight excluding hydrogens is 306 g/mol. The average Bonchev–Trinajstić information content (AvgIpc) is 2.69. The molecule has 0 fully saturated rings. The van der Waals surface area contributed by atoms with Gasteiger partial charge in [0.25, 0.3) is 0 Å². The first-order chi connectivity index (χ1) is 8.84. The fourth-order valence-electron chi connectivity index (χ4n) is 2.07. The largest absolute Gasteiger partial charge is 0.328 e. The monoisotopic (exact) mass is 329 g/mol. The van der Waals surface area contributed by atoms with Gasteiger partial charge in [-0.1, -0.05) is 13.3 Å². The highest BCUT2D eigenvalue weighted by Crippen LogP contribution is 2.24. The number of carbonyl (C=O) groups excluding carboxylic acids is 1. The number of carbonyl (C=O) groups is 1. The van der Waals surface area contributed by atoms with Crippen LogP contribution in [0.15, 0.2) is 10.7 Å². The van der Waals surface area contributed by atoms with Crippen LogP contribution in [0.3, 0.4) is 0 Å². The Labute approximate surface area is 123 Å². The summed E-state index contributed by atoms with van der Waals surface area (Å²) in [7, 11) is 0. The number of aromatic nitrogens is 2. The minimum atomic E-state index is 0.00394. The maximum atomic E-state index is 12.5. The molecule has 4 nitrogen and oxygen atoms in total. The Hall–Kier alpha value is -0.680. The van der Waals surface area contributed by atoms with Crippen LogP contribution in [0.2, 0.25) is 0 Å². The maximum Gasteiger partial charge on any atom is 0.184 e. The Morgan fingerprint density at radius 1 is 1.37 bits per heavy atom. The molecule has 0 aliphatic carbocycles. The molecule has 19 heavy (non-hydrogen) atoms. The molecule has 0 radical (unpaired) electrons. The highest BCUT2D eigenvalue weighted by molar-refractivity contribution is 9.10. The summed E-state index contributed by atoms with van der Waals surface area (Å²) in [6.07, 6.45) is 4.51. The molecule has 0 aliphatic heterocycles. The molecule has 2 atom stereocenters. The summed E-state index contributed by atoms with van der Waals surface area (Å²) in [5, 5.41) is 4.26. The van der Waals surface area contributed by atoms with Gasteiger partial charge in [0.2, 0.25) is 0 Å². The van der Waals surface area contributed by atoms with Crippen LogP contribution in [-0.4, -0.2) is 21.6 Å². The summed E-state index contributed by atoms with van der Waals surface area (Å²) >= 11 is 3.42. The molecule has 1 aromatic heterocycles. The van der Waals surface area contributed by atoms with Crippen molar-refractivity contribution in [2.24, 2.45) is 11.7 Å². The van der Waals surface area contributed by atoms with Gasteiger partial charge in [-0.25, -0.2) is 0 Å². The van der Waals surface area contributed by atoms with Gasteiger partial charge in [-0.15, -0.1) is 0 Å². The van der Waals surface area contributed by atoms with E-state index < -0.39 is 0 Å². The molecule has 0 saturated carbocycles. The summed E-state index contributed by atoms with van der Waals surface area (Å²) in [5.74, 6) is 0.159. The first-order valence-corrected chi connectivity index (χ1v) is 7.66. The Morgan fingerprint density at radius 3 is 2.53 bits per heavy atom. The predicted molar refractivity (Wildman–Crippen MR) is 81.3 cm³/mol. The van der Waals surface area contributed by atoms with Crippen molar-refractivity contribution in [3.8, 4) is 0 Å². The summed E-state index contributed by atoms with van der Waals surface area (Å²) in [6.45, 7) is 8.03. The number of Topliss-reactive ketones (excluding diaryl/α,β-unsaturated/α-hetero) is 1. The third-order valence-electron chi connectivity index (χ3n) is 3.22. The second kappa shape index (κ2) is 7.20. The van der Waals surface area contributed by atoms with E-state index in [1.807, 2.05) is 27.7 Å². The van der Waals surface area contributed by atoms with Crippen molar-refractivity contribution in [3.05, 3.63) is 16.4 Å². The van der Waals surface area contributed by atoms with E-state index >= 15 is 0 Å². The smallest absolute Gasteiger partial charge is 0.184 e. The Balaban J connectivity index is 2.74. The molecule has 0 aliphatic rings. The van der Waals surface area contributed by atoms with Crippen LogP contribution in [0.5, 0.6) is 0 Å². The zero-order valence-electron chi connectivity index (χ0n) is 12.2. The van der Waals surface area contributed by atoms with Gasteiger partial charge in [0.1, 0.15) is 5.69 Å². The number of halogens is 1. The van der Waals surface area contributed by atoms with Gasteiger partial charge in [0.15, 0.2) is 5.78 Å². The minimum absolute atomic E-state index is 0.00394. The number of nitrogens with zero attached hydrogens (tertiary/aromatic N) is 2. The molecule has 1 heterocycles. The first-order valence-electron chi connectivity index (χ1n) is 6.87. The zero-order chi connectivity index (χ0) is 14.6. The molecule has 2 N–H and O–H groups in total. The van der Waals surface area contributed by atoms with Gasteiger partial charge in [-0.3, -0.25) is 9.48 Å². The van der Waals surface area contributed by atoms with Crippen LogP contribution in [0.25, 0.3) is 0 Å². The normalized spacial score (nSPS) is 14.7. The highest BCUT2D eigenvalue weighted by Gasteiger charge is 2.23. The molecule has 5 heteroatoms. The summed E-state index contributed by atoms with van der Waals surface area (Å²) in [6, 6.07) is 0.386. The molecule has 1 aromatic rings. The number of ketones is 1. The Kier molecular flexibility index (Phi) is 6.20. The lowest BCUT2D eigenvalue weighted by Crippen LogP contribution is -2.20. The molecule has 0 spiro atoms. The predicted octanol–water partition coefficient (Wildman–Crippen LogP) is 3.56. The Morgan fingerprint density at radius 2 is 2.00 bits per heavy atom. The van der Waals surface area contributed by atoms with Crippen LogP contribution < -0.4 is 5.73 Å². The van der Waals surface area contributed by atoms with Gasteiger partial charge in [0, 0.05) is 18.0 Å². The van der Waals surface area contributed by atoms with Crippen molar-refractivity contribution in [3.63, 3.8) is 0 Å². The van der Waals surface area contributed by atoms with Crippen molar-refractivity contribution in [1.29, 1.82) is 0 Å². The lowest BCUT2D eigenvalue weighted by molar-refractivity contribution is 0.0908. The van der Waals surface area contributed by atoms with Crippen molar-refractivity contribution in [2.75, 3.05) is 0 Å². The quantitative estimate of drug-likeness (QED) is 0.778. The fraction of sp³-hybridized carbons (Fsp3) is 0.714. The van der Waals surface area contributed by atoms with E-state index in [0.717, 1.165) is 23.7 Å². The van der Waals surface area contributed by atoms with Crippen LogP contribution in [0.4, 0.5) is 0 Å². The molecule has 0 amide bonds. The molecule has 1 rings (SSSR count).